The van der Waals surface area contributed by atoms with E-state index in [2.05, 4.69) is 45.7 Å². The van der Waals surface area contributed by atoms with Crippen LogP contribution in [0.4, 0.5) is 13.2 Å². The van der Waals surface area contributed by atoms with Crippen molar-refractivity contribution in [3.8, 4) is 28.3 Å². The average molecular weight is 609 g/mol. The fourth-order valence-electron chi connectivity index (χ4n) is 5.11. The van der Waals surface area contributed by atoms with Crippen molar-refractivity contribution in [1.82, 2.24) is 34.2 Å². The Morgan fingerprint density at radius 2 is 1.86 bits per heavy atom. The number of aryl methyl sites for hydroxylation is 1. The second-order valence-electron chi connectivity index (χ2n) is 10.9. The van der Waals surface area contributed by atoms with Gasteiger partial charge in [-0.3, -0.25) is 4.68 Å². The number of fused-ring (bicyclic) bond motifs is 1. The molecule has 5 rings (SSSR count). The molecular formula is C31H35F3N8O2. The standard InChI is InChI=1S/C31H35F3N8O2/c1-20(40-14-12-39(5)13-15-40)6-11-29(35-4)44-23-7-10-28-25(16-36-42(28)17-23)27-9-8-24(22(3)43)30(37-27)26-18-41(38-21(26)2)19-31(32,33)34/h6-11,16-18,22,43H,4,12-15,19H2,1-3,5H3/b20-6+,29-11+. The molecule has 232 valence electrons. The lowest BCUT2D eigenvalue weighted by molar-refractivity contribution is -0.142. The van der Waals surface area contributed by atoms with E-state index < -0.39 is 18.8 Å². The molecule has 0 spiro atoms. The molecule has 4 aromatic heterocycles. The van der Waals surface area contributed by atoms with Crippen molar-refractivity contribution in [2.24, 2.45) is 4.99 Å². The zero-order chi connectivity index (χ0) is 31.6. The first kappa shape index (κ1) is 31.0. The van der Waals surface area contributed by atoms with E-state index in [0.717, 1.165) is 42.1 Å². The number of aliphatic imine (C=N–C) groups is 1. The number of halogens is 3. The van der Waals surface area contributed by atoms with Crippen molar-refractivity contribution in [3.63, 3.8) is 0 Å². The number of nitrogens with zero attached hydrogens (tertiary/aromatic N) is 8. The van der Waals surface area contributed by atoms with E-state index in [1.807, 2.05) is 12.1 Å². The minimum atomic E-state index is -4.42. The predicted molar refractivity (Wildman–Crippen MR) is 162 cm³/mol. The largest absolute Gasteiger partial charge is 0.437 e. The Bertz CT molecular complexity index is 1710. The van der Waals surface area contributed by atoms with Gasteiger partial charge in [0.25, 0.3) is 0 Å². The number of aliphatic hydroxyl groups excluding tert-OH is 1. The van der Waals surface area contributed by atoms with E-state index in [9.17, 15) is 18.3 Å². The topological polar surface area (TPSA) is 96.3 Å². The van der Waals surface area contributed by atoms with Crippen molar-refractivity contribution in [2.45, 2.75) is 39.6 Å². The first-order chi connectivity index (χ1) is 20.9. The van der Waals surface area contributed by atoms with E-state index in [4.69, 9.17) is 9.72 Å². The highest BCUT2D eigenvalue weighted by molar-refractivity contribution is 5.80. The van der Waals surface area contributed by atoms with Gasteiger partial charge in [0.15, 0.2) is 0 Å². The minimum Gasteiger partial charge on any atom is -0.437 e. The number of allylic oxidation sites excluding steroid dienone is 3. The van der Waals surface area contributed by atoms with E-state index >= 15 is 0 Å². The van der Waals surface area contributed by atoms with E-state index in [0.29, 0.717) is 45.4 Å². The molecule has 0 bridgehead atoms. The molecular weight excluding hydrogens is 573 g/mol. The number of piperazine rings is 1. The molecule has 1 aliphatic rings. The van der Waals surface area contributed by atoms with Crippen molar-refractivity contribution >= 4 is 12.2 Å². The normalized spacial score (nSPS) is 16.0. The molecule has 10 nitrogen and oxygen atoms in total. The highest BCUT2D eigenvalue weighted by atomic mass is 19.4. The Labute approximate surface area is 253 Å². The number of hydrogen-bond donors (Lipinski definition) is 1. The fraction of sp³-hybridized carbons (Fsp3) is 0.355. The van der Waals surface area contributed by atoms with Crippen LogP contribution in [0.3, 0.4) is 0 Å². The first-order valence-corrected chi connectivity index (χ1v) is 14.2. The van der Waals surface area contributed by atoms with Crippen LogP contribution in [-0.2, 0) is 6.54 Å². The van der Waals surface area contributed by atoms with Crippen molar-refractivity contribution in [3.05, 3.63) is 77.8 Å². The maximum absolute atomic E-state index is 13.0. The third-order valence-corrected chi connectivity index (χ3v) is 7.53. The quantitative estimate of drug-likeness (QED) is 0.157. The van der Waals surface area contributed by atoms with Gasteiger partial charge in [-0.2, -0.15) is 23.4 Å². The van der Waals surface area contributed by atoms with Crippen LogP contribution in [0.5, 0.6) is 5.75 Å². The van der Waals surface area contributed by atoms with Gasteiger partial charge >= 0.3 is 6.18 Å². The highest BCUT2D eigenvalue weighted by Gasteiger charge is 2.29. The average Bonchev–Trinajstić information content (AvgIpc) is 3.56. The fourth-order valence-corrected chi connectivity index (χ4v) is 5.11. The summed E-state index contributed by atoms with van der Waals surface area (Å²) in [6.45, 7) is 11.6. The summed E-state index contributed by atoms with van der Waals surface area (Å²) < 4.78 is 47.5. The molecule has 1 fully saturated rings. The molecule has 13 heteroatoms. The van der Waals surface area contributed by atoms with Gasteiger partial charge in [-0.25, -0.2) is 14.5 Å². The van der Waals surface area contributed by atoms with Crippen LogP contribution in [0, 0.1) is 6.92 Å². The van der Waals surface area contributed by atoms with Gasteiger partial charge in [0.2, 0.25) is 5.88 Å². The molecule has 0 radical (unpaired) electrons. The molecule has 0 aromatic carbocycles. The van der Waals surface area contributed by atoms with Crippen LogP contribution in [0.1, 0.15) is 31.2 Å². The summed E-state index contributed by atoms with van der Waals surface area (Å²) in [6, 6.07) is 7.08. The van der Waals surface area contributed by atoms with E-state index in [-0.39, 0.29) is 0 Å². The summed E-state index contributed by atoms with van der Waals surface area (Å²) in [5, 5.41) is 18.9. The van der Waals surface area contributed by atoms with Crippen molar-refractivity contribution < 1.29 is 23.0 Å². The summed E-state index contributed by atoms with van der Waals surface area (Å²) in [5.41, 5.74) is 4.69. The summed E-state index contributed by atoms with van der Waals surface area (Å²) in [5.74, 6) is 0.842. The van der Waals surface area contributed by atoms with Crippen LogP contribution in [0.25, 0.3) is 28.0 Å². The molecule has 0 aliphatic carbocycles. The number of aromatic nitrogens is 5. The lowest BCUT2D eigenvalue weighted by Gasteiger charge is -2.34. The highest BCUT2D eigenvalue weighted by Crippen LogP contribution is 2.33. The van der Waals surface area contributed by atoms with Gasteiger partial charge < -0.3 is 19.6 Å². The molecule has 44 heavy (non-hydrogen) atoms. The zero-order valence-corrected chi connectivity index (χ0v) is 25.1. The molecule has 5 heterocycles. The lowest BCUT2D eigenvalue weighted by atomic mass is 10.0. The number of pyridine rings is 2. The minimum absolute atomic E-state index is 0.340. The first-order valence-electron chi connectivity index (χ1n) is 14.2. The maximum Gasteiger partial charge on any atom is 0.408 e. The Hall–Kier alpha value is -4.49. The molecule has 0 amide bonds. The monoisotopic (exact) mass is 608 g/mol. The second-order valence-corrected chi connectivity index (χ2v) is 10.9. The summed E-state index contributed by atoms with van der Waals surface area (Å²) >= 11 is 0. The van der Waals surface area contributed by atoms with Gasteiger partial charge in [-0.15, -0.1) is 0 Å². The van der Waals surface area contributed by atoms with Crippen LogP contribution in [0.15, 0.2) is 71.6 Å². The molecule has 1 saturated heterocycles. The van der Waals surface area contributed by atoms with Crippen LogP contribution in [-0.4, -0.2) is 85.4 Å². The summed E-state index contributed by atoms with van der Waals surface area (Å²) in [7, 11) is 2.12. The maximum atomic E-state index is 13.0. The molecule has 1 N–H and O–H groups in total. The number of likely N-dealkylation sites (N-methyl/N-ethyl adjacent to an activating group) is 1. The Kier molecular flexibility index (Phi) is 8.88. The third-order valence-electron chi connectivity index (χ3n) is 7.53. The van der Waals surface area contributed by atoms with Gasteiger partial charge in [0, 0.05) is 60.8 Å². The van der Waals surface area contributed by atoms with Crippen LogP contribution >= 0.6 is 0 Å². The van der Waals surface area contributed by atoms with Crippen molar-refractivity contribution in [2.75, 3.05) is 33.2 Å². The summed E-state index contributed by atoms with van der Waals surface area (Å²) in [4.78, 5) is 13.4. The lowest BCUT2D eigenvalue weighted by Crippen LogP contribution is -2.43. The molecule has 1 aliphatic heterocycles. The number of ether oxygens (including phenoxy) is 1. The van der Waals surface area contributed by atoms with E-state index in [1.165, 1.54) is 6.20 Å². The Morgan fingerprint density at radius 1 is 1.11 bits per heavy atom. The predicted octanol–water partition coefficient (Wildman–Crippen LogP) is 5.26. The van der Waals surface area contributed by atoms with E-state index in [1.54, 1.807) is 55.0 Å². The van der Waals surface area contributed by atoms with Gasteiger partial charge in [0.05, 0.1) is 41.1 Å². The number of hydrogen-bond acceptors (Lipinski definition) is 8. The number of rotatable bonds is 9. The van der Waals surface area contributed by atoms with Crippen LogP contribution in [0.2, 0.25) is 0 Å². The van der Waals surface area contributed by atoms with Gasteiger partial charge in [0.1, 0.15) is 12.3 Å². The summed E-state index contributed by atoms with van der Waals surface area (Å²) in [6.07, 6.45) is 3.10. The zero-order valence-electron chi connectivity index (χ0n) is 25.1. The SMILES string of the molecule is C=N/C(=C\C=C(/C)N1CCN(C)CC1)Oc1ccc2c(-c3ccc(C(C)O)c(-c4cn(CC(F)(F)F)nc4C)n3)cnn2c1. The van der Waals surface area contributed by atoms with Gasteiger partial charge in [-0.05, 0) is 58.8 Å². The molecule has 4 aromatic rings. The molecule has 1 atom stereocenters. The second kappa shape index (κ2) is 12.6. The number of alkyl halides is 3. The third kappa shape index (κ3) is 7.00. The molecule has 1 unspecified atom stereocenters. The Balaban J connectivity index is 1.41. The van der Waals surface area contributed by atoms with Crippen molar-refractivity contribution in [1.29, 1.82) is 0 Å². The number of aliphatic hydroxyl groups is 1. The van der Waals surface area contributed by atoms with Gasteiger partial charge in [-0.1, -0.05) is 6.07 Å². The smallest absolute Gasteiger partial charge is 0.408 e. The molecule has 0 saturated carbocycles. The Morgan fingerprint density at radius 3 is 2.55 bits per heavy atom. The van der Waals surface area contributed by atoms with Crippen LogP contribution < -0.4 is 4.74 Å².